The molecule has 152 valence electrons. The number of esters is 1. The normalized spacial score (nSPS) is 11.1. The lowest BCUT2D eigenvalue weighted by Crippen LogP contribution is -2.40. The number of anilines is 1. The number of nitro groups is 1. The quantitative estimate of drug-likeness (QED) is 0.391. The molecule has 2 N–H and O–H groups in total. The lowest BCUT2D eigenvalue weighted by molar-refractivity contribution is -0.384. The number of carbonyl (C=O) groups is 3. The lowest BCUT2D eigenvalue weighted by Gasteiger charge is -2.13. The number of methoxy groups -OCH3 is 1. The highest BCUT2D eigenvalue weighted by Crippen LogP contribution is 2.16. The highest BCUT2D eigenvalue weighted by atomic mass is 16.6. The Labute approximate surface area is 166 Å². The van der Waals surface area contributed by atoms with E-state index in [-0.39, 0.29) is 11.3 Å². The zero-order valence-corrected chi connectivity index (χ0v) is 15.7. The van der Waals surface area contributed by atoms with Crippen LogP contribution in [0.3, 0.4) is 0 Å². The number of rotatable bonds is 8. The molecule has 0 heterocycles. The molecule has 0 aliphatic carbocycles. The second-order valence-electron chi connectivity index (χ2n) is 5.89. The topological polar surface area (TPSA) is 137 Å². The van der Waals surface area contributed by atoms with Crippen molar-refractivity contribution in [2.75, 3.05) is 19.0 Å². The van der Waals surface area contributed by atoms with Crippen LogP contribution in [0.1, 0.15) is 17.3 Å². The summed E-state index contributed by atoms with van der Waals surface area (Å²) in [5, 5.41) is 15.7. The van der Waals surface area contributed by atoms with E-state index in [1.54, 1.807) is 24.3 Å². The molecule has 0 aliphatic heterocycles. The fourth-order valence-corrected chi connectivity index (χ4v) is 2.26. The van der Waals surface area contributed by atoms with E-state index in [1.165, 1.54) is 32.2 Å². The first-order valence-electron chi connectivity index (χ1n) is 8.46. The van der Waals surface area contributed by atoms with Gasteiger partial charge in [-0.1, -0.05) is 12.1 Å². The number of nitro benzene ring substituents is 1. The van der Waals surface area contributed by atoms with Crippen molar-refractivity contribution in [1.82, 2.24) is 5.32 Å². The van der Waals surface area contributed by atoms with Gasteiger partial charge in [0, 0.05) is 29.4 Å². The average Bonchev–Trinajstić information content (AvgIpc) is 2.72. The Bertz CT molecular complexity index is 930. The van der Waals surface area contributed by atoms with Crippen LogP contribution in [0.2, 0.25) is 0 Å². The average molecular weight is 401 g/mol. The van der Waals surface area contributed by atoms with Crippen molar-refractivity contribution < 1.29 is 28.8 Å². The zero-order valence-electron chi connectivity index (χ0n) is 15.7. The number of nitrogens with zero attached hydrogens (tertiary/aromatic N) is 1. The maximum absolute atomic E-state index is 12.1. The molecule has 0 unspecified atom stereocenters. The van der Waals surface area contributed by atoms with Crippen molar-refractivity contribution >= 4 is 29.2 Å². The number of hydrogen-bond acceptors (Lipinski definition) is 7. The molecule has 0 saturated heterocycles. The number of benzene rings is 2. The molecule has 10 heteroatoms. The van der Waals surface area contributed by atoms with E-state index in [9.17, 15) is 24.5 Å². The van der Waals surface area contributed by atoms with Crippen molar-refractivity contribution in [2.24, 2.45) is 0 Å². The molecule has 29 heavy (non-hydrogen) atoms. The summed E-state index contributed by atoms with van der Waals surface area (Å²) < 4.78 is 9.93. The Balaban J connectivity index is 1.85. The van der Waals surface area contributed by atoms with E-state index in [0.29, 0.717) is 11.4 Å². The van der Waals surface area contributed by atoms with Crippen molar-refractivity contribution in [2.45, 2.75) is 13.0 Å². The van der Waals surface area contributed by atoms with Crippen LogP contribution in [0, 0.1) is 10.1 Å². The van der Waals surface area contributed by atoms with Crippen LogP contribution in [0.15, 0.2) is 48.5 Å². The third kappa shape index (κ3) is 6.31. The summed E-state index contributed by atoms with van der Waals surface area (Å²) in [5.74, 6) is -1.52. The van der Waals surface area contributed by atoms with Crippen LogP contribution in [-0.4, -0.2) is 42.5 Å². The number of nitrogens with one attached hydrogen (secondary N) is 2. The fourth-order valence-electron chi connectivity index (χ4n) is 2.26. The Morgan fingerprint density at radius 3 is 2.55 bits per heavy atom. The van der Waals surface area contributed by atoms with Gasteiger partial charge in [-0.15, -0.1) is 0 Å². The summed E-state index contributed by atoms with van der Waals surface area (Å²) in [6, 6.07) is 10.6. The van der Waals surface area contributed by atoms with Gasteiger partial charge in [0.2, 0.25) is 0 Å². The summed E-state index contributed by atoms with van der Waals surface area (Å²) >= 11 is 0. The first-order chi connectivity index (χ1) is 13.8. The number of amides is 2. The molecule has 0 bridgehead atoms. The molecule has 0 radical (unpaired) electrons. The maximum atomic E-state index is 12.1. The number of ether oxygens (including phenoxy) is 2. The Hall–Kier alpha value is -3.95. The van der Waals surface area contributed by atoms with Gasteiger partial charge < -0.3 is 20.1 Å². The van der Waals surface area contributed by atoms with Crippen molar-refractivity contribution in [3.63, 3.8) is 0 Å². The van der Waals surface area contributed by atoms with Gasteiger partial charge in [-0.25, -0.2) is 4.79 Å². The second kappa shape index (κ2) is 9.83. The van der Waals surface area contributed by atoms with Gasteiger partial charge in [-0.2, -0.15) is 0 Å². The third-order valence-electron chi connectivity index (χ3n) is 3.72. The molecule has 0 aliphatic rings. The van der Waals surface area contributed by atoms with Crippen LogP contribution >= 0.6 is 0 Å². The van der Waals surface area contributed by atoms with Gasteiger partial charge in [0.15, 0.2) is 6.61 Å². The molecule has 0 spiro atoms. The van der Waals surface area contributed by atoms with Crippen molar-refractivity contribution in [1.29, 1.82) is 0 Å². The summed E-state index contributed by atoms with van der Waals surface area (Å²) in [6.45, 7) is 0.824. The molecular weight excluding hydrogens is 382 g/mol. The monoisotopic (exact) mass is 401 g/mol. The van der Waals surface area contributed by atoms with Gasteiger partial charge in [0.1, 0.15) is 11.8 Å². The minimum Gasteiger partial charge on any atom is -0.497 e. The summed E-state index contributed by atoms with van der Waals surface area (Å²) in [6.07, 6.45) is 0. The smallest absolute Gasteiger partial charge is 0.328 e. The second-order valence-corrected chi connectivity index (χ2v) is 5.89. The molecule has 2 aromatic carbocycles. The molecule has 0 aromatic heterocycles. The predicted molar refractivity (Wildman–Crippen MR) is 103 cm³/mol. The van der Waals surface area contributed by atoms with E-state index >= 15 is 0 Å². The largest absolute Gasteiger partial charge is 0.497 e. The Morgan fingerprint density at radius 1 is 1.14 bits per heavy atom. The van der Waals surface area contributed by atoms with Gasteiger partial charge in [-0.05, 0) is 25.1 Å². The first-order valence-corrected chi connectivity index (χ1v) is 8.46. The van der Waals surface area contributed by atoms with Crippen molar-refractivity contribution in [3.8, 4) is 5.75 Å². The Kier molecular flexibility index (Phi) is 7.24. The molecule has 0 fully saturated rings. The van der Waals surface area contributed by atoms with Crippen LogP contribution in [0.4, 0.5) is 11.4 Å². The molecule has 1 atom stereocenters. The minimum absolute atomic E-state index is 0.0228. The number of non-ortho nitro benzene ring substituents is 1. The molecular formula is C19H19N3O7. The van der Waals surface area contributed by atoms with Crippen LogP contribution in [0.25, 0.3) is 0 Å². The highest BCUT2D eigenvalue weighted by molar-refractivity contribution is 5.97. The summed E-state index contributed by atoms with van der Waals surface area (Å²) in [7, 11) is 1.49. The van der Waals surface area contributed by atoms with Gasteiger partial charge in [0.05, 0.1) is 12.0 Å². The van der Waals surface area contributed by atoms with E-state index in [4.69, 9.17) is 9.47 Å². The van der Waals surface area contributed by atoms with Crippen LogP contribution < -0.4 is 15.4 Å². The number of carbonyl (C=O) groups excluding carboxylic acids is 3. The number of hydrogen-bond donors (Lipinski definition) is 2. The lowest BCUT2D eigenvalue weighted by atomic mass is 10.2. The third-order valence-corrected chi connectivity index (χ3v) is 3.72. The fraction of sp³-hybridized carbons (Fsp3) is 0.211. The minimum atomic E-state index is -1.06. The van der Waals surface area contributed by atoms with Crippen LogP contribution in [0.5, 0.6) is 5.75 Å². The van der Waals surface area contributed by atoms with Gasteiger partial charge in [0.25, 0.3) is 17.5 Å². The summed E-state index contributed by atoms with van der Waals surface area (Å²) in [4.78, 5) is 46.2. The maximum Gasteiger partial charge on any atom is 0.328 e. The van der Waals surface area contributed by atoms with E-state index in [0.717, 1.165) is 6.07 Å². The molecule has 2 amide bonds. The van der Waals surface area contributed by atoms with E-state index in [1.807, 2.05) is 0 Å². The molecule has 10 nitrogen and oxygen atoms in total. The van der Waals surface area contributed by atoms with E-state index < -0.39 is 35.4 Å². The Morgan fingerprint density at radius 2 is 1.86 bits per heavy atom. The zero-order chi connectivity index (χ0) is 21.4. The van der Waals surface area contributed by atoms with Crippen LogP contribution in [-0.2, 0) is 14.3 Å². The predicted octanol–water partition coefficient (Wildman–Crippen LogP) is 1.90. The molecule has 0 saturated carbocycles. The van der Waals surface area contributed by atoms with Crippen molar-refractivity contribution in [3.05, 3.63) is 64.2 Å². The summed E-state index contributed by atoms with van der Waals surface area (Å²) in [5.41, 5.74) is 0.245. The highest BCUT2D eigenvalue weighted by Gasteiger charge is 2.20. The first kappa shape index (κ1) is 21.4. The van der Waals surface area contributed by atoms with Gasteiger partial charge >= 0.3 is 5.97 Å². The molecule has 2 aromatic rings. The van der Waals surface area contributed by atoms with Gasteiger partial charge in [-0.3, -0.25) is 19.7 Å². The standard InChI is InChI=1S/C19H19N3O7/c1-12(20-18(24)13-5-3-7-15(9-13)22(26)27)19(25)29-11-17(23)21-14-6-4-8-16(10-14)28-2/h3-10,12H,11H2,1-2H3,(H,20,24)(H,21,23)/t12-/m0/s1. The SMILES string of the molecule is COc1cccc(NC(=O)COC(=O)[C@H](C)NC(=O)c2cccc([N+](=O)[O-])c2)c1. The molecule has 2 rings (SSSR count). The van der Waals surface area contributed by atoms with E-state index in [2.05, 4.69) is 10.6 Å².